The Morgan fingerprint density at radius 1 is 1.24 bits per heavy atom. The predicted molar refractivity (Wildman–Crippen MR) is 106 cm³/mol. The second-order valence-electron chi connectivity index (χ2n) is 6.53. The summed E-state index contributed by atoms with van der Waals surface area (Å²) in [5.74, 6) is -0.00232. The Bertz CT molecular complexity index is 724. The van der Waals surface area contributed by atoms with Gasteiger partial charge in [0.05, 0.1) is 10.7 Å². The van der Waals surface area contributed by atoms with Crippen LogP contribution >= 0.6 is 11.3 Å². The van der Waals surface area contributed by atoms with E-state index in [0.717, 1.165) is 41.5 Å². The molecule has 0 atom stereocenters. The lowest BCUT2D eigenvalue weighted by atomic mass is 10.00. The van der Waals surface area contributed by atoms with Crippen molar-refractivity contribution in [2.75, 3.05) is 26.7 Å². The van der Waals surface area contributed by atoms with Crippen LogP contribution in [0, 0.1) is 20.8 Å². The zero-order valence-corrected chi connectivity index (χ0v) is 16.8. The molecule has 2 aromatic rings. The highest BCUT2D eigenvalue weighted by Gasteiger charge is 2.15. The fraction of sp³-hybridized carbons (Fsp3) is 0.500. The lowest BCUT2D eigenvalue weighted by Gasteiger charge is -2.13. The summed E-state index contributed by atoms with van der Waals surface area (Å²) in [4.78, 5) is 19.9. The number of amides is 1. The topological polar surface area (TPSA) is 45.2 Å². The standard InChI is InChI=1S/C20H29N3OS/c1-6-23(5)13-12-21-20(24)19-16(4)22-18(25-19)11-10-17-9-7-8-14(2)15(17)3/h7-9H,6,10-13H2,1-5H3,(H,21,24). The van der Waals surface area contributed by atoms with Gasteiger partial charge in [0.25, 0.3) is 5.91 Å². The number of aryl methyl sites for hydroxylation is 4. The van der Waals surface area contributed by atoms with E-state index in [2.05, 4.69) is 61.2 Å². The van der Waals surface area contributed by atoms with Crippen LogP contribution in [0.15, 0.2) is 18.2 Å². The SMILES string of the molecule is CCN(C)CCNC(=O)c1sc(CCc2cccc(C)c2C)nc1C. The third kappa shape index (κ3) is 5.38. The molecule has 5 heteroatoms. The van der Waals surface area contributed by atoms with Crippen molar-refractivity contribution in [1.82, 2.24) is 15.2 Å². The van der Waals surface area contributed by atoms with Crippen LogP contribution in [0.25, 0.3) is 0 Å². The summed E-state index contributed by atoms with van der Waals surface area (Å²) in [6.45, 7) is 10.9. The highest BCUT2D eigenvalue weighted by Crippen LogP contribution is 2.21. The Hall–Kier alpha value is -1.72. The van der Waals surface area contributed by atoms with Crippen molar-refractivity contribution in [3.05, 3.63) is 50.5 Å². The van der Waals surface area contributed by atoms with E-state index in [1.807, 2.05) is 6.92 Å². The molecule has 0 bridgehead atoms. The van der Waals surface area contributed by atoms with Crippen LogP contribution in [0.5, 0.6) is 0 Å². The summed E-state index contributed by atoms with van der Waals surface area (Å²) >= 11 is 1.52. The summed E-state index contributed by atoms with van der Waals surface area (Å²) in [6.07, 6.45) is 1.84. The largest absolute Gasteiger partial charge is 0.350 e. The van der Waals surface area contributed by atoms with Gasteiger partial charge < -0.3 is 10.2 Å². The Labute approximate surface area is 155 Å². The van der Waals surface area contributed by atoms with Crippen molar-refractivity contribution in [1.29, 1.82) is 0 Å². The zero-order valence-electron chi connectivity index (χ0n) is 16.0. The molecule has 1 heterocycles. The van der Waals surface area contributed by atoms with Crippen LogP contribution in [-0.4, -0.2) is 42.5 Å². The summed E-state index contributed by atoms with van der Waals surface area (Å²) in [7, 11) is 2.05. The van der Waals surface area contributed by atoms with E-state index in [9.17, 15) is 4.79 Å². The molecule has 1 aromatic carbocycles. The maximum atomic E-state index is 12.4. The molecule has 1 aromatic heterocycles. The number of hydrogen-bond donors (Lipinski definition) is 1. The van der Waals surface area contributed by atoms with Gasteiger partial charge in [-0.15, -0.1) is 11.3 Å². The number of carbonyl (C=O) groups is 1. The molecule has 4 nitrogen and oxygen atoms in total. The highest BCUT2D eigenvalue weighted by atomic mass is 32.1. The van der Waals surface area contributed by atoms with Crippen LogP contribution < -0.4 is 5.32 Å². The fourth-order valence-electron chi connectivity index (χ4n) is 2.69. The molecule has 1 N–H and O–H groups in total. The fourth-order valence-corrected chi connectivity index (χ4v) is 3.67. The highest BCUT2D eigenvalue weighted by molar-refractivity contribution is 7.13. The molecule has 0 radical (unpaired) electrons. The minimum Gasteiger partial charge on any atom is -0.350 e. The molecular formula is C20H29N3OS. The van der Waals surface area contributed by atoms with Crippen molar-refractivity contribution < 1.29 is 4.79 Å². The Balaban J connectivity index is 1.95. The van der Waals surface area contributed by atoms with E-state index in [4.69, 9.17) is 0 Å². The second kappa shape index (κ2) is 9.11. The van der Waals surface area contributed by atoms with Crippen molar-refractivity contribution in [2.45, 2.75) is 40.5 Å². The number of benzene rings is 1. The van der Waals surface area contributed by atoms with Gasteiger partial charge in [-0.2, -0.15) is 0 Å². The summed E-state index contributed by atoms with van der Waals surface area (Å²) in [5.41, 5.74) is 4.88. The monoisotopic (exact) mass is 359 g/mol. The molecule has 25 heavy (non-hydrogen) atoms. The van der Waals surface area contributed by atoms with Gasteiger partial charge in [-0.3, -0.25) is 4.79 Å². The Kier molecular flexibility index (Phi) is 7.14. The first-order chi connectivity index (χ1) is 11.9. The van der Waals surface area contributed by atoms with Crippen LogP contribution in [-0.2, 0) is 12.8 Å². The van der Waals surface area contributed by atoms with Gasteiger partial charge >= 0.3 is 0 Å². The summed E-state index contributed by atoms with van der Waals surface area (Å²) < 4.78 is 0. The Morgan fingerprint density at radius 3 is 2.72 bits per heavy atom. The second-order valence-corrected chi connectivity index (χ2v) is 7.62. The third-order valence-corrected chi connectivity index (χ3v) is 5.91. The normalized spacial score (nSPS) is 11.1. The van der Waals surface area contributed by atoms with Gasteiger partial charge in [0.15, 0.2) is 0 Å². The van der Waals surface area contributed by atoms with Gasteiger partial charge in [-0.1, -0.05) is 25.1 Å². The first-order valence-electron chi connectivity index (χ1n) is 8.90. The minimum absolute atomic E-state index is 0.00232. The van der Waals surface area contributed by atoms with Gasteiger partial charge in [0.2, 0.25) is 0 Å². The minimum atomic E-state index is -0.00232. The quantitative estimate of drug-likeness (QED) is 0.784. The molecule has 1 amide bonds. The smallest absolute Gasteiger partial charge is 0.263 e. The van der Waals surface area contributed by atoms with Gasteiger partial charge in [0.1, 0.15) is 4.88 Å². The van der Waals surface area contributed by atoms with Crippen LogP contribution in [0.2, 0.25) is 0 Å². The molecule has 0 aliphatic rings. The van der Waals surface area contributed by atoms with E-state index >= 15 is 0 Å². The van der Waals surface area contributed by atoms with Gasteiger partial charge in [-0.05, 0) is 57.5 Å². The average molecular weight is 360 g/mol. The van der Waals surface area contributed by atoms with Crippen LogP contribution in [0.3, 0.4) is 0 Å². The molecule has 0 saturated heterocycles. The first-order valence-corrected chi connectivity index (χ1v) is 9.72. The molecule has 2 rings (SSSR count). The molecule has 0 aliphatic heterocycles. The number of carbonyl (C=O) groups excluding carboxylic acids is 1. The van der Waals surface area contributed by atoms with Crippen molar-refractivity contribution in [2.24, 2.45) is 0 Å². The number of thiazole rings is 1. The maximum absolute atomic E-state index is 12.4. The number of nitrogens with zero attached hydrogens (tertiary/aromatic N) is 2. The first kappa shape index (κ1) is 19.6. The van der Waals surface area contributed by atoms with Crippen LogP contribution in [0.4, 0.5) is 0 Å². The average Bonchev–Trinajstić information content (AvgIpc) is 2.96. The zero-order chi connectivity index (χ0) is 18.4. The molecule has 0 unspecified atom stereocenters. The van der Waals surface area contributed by atoms with E-state index in [-0.39, 0.29) is 5.91 Å². The number of hydrogen-bond acceptors (Lipinski definition) is 4. The number of likely N-dealkylation sites (N-methyl/N-ethyl adjacent to an activating group) is 1. The number of aromatic nitrogens is 1. The summed E-state index contributed by atoms with van der Waals surface area (Å²) in [5, 5.41) is 4.03. The van der Waals surface area contributed by atoms with E-state index < -0.39 is 0 Å². The van der Waals surface area contributed by atoms with E-state index in [0.29, 0.717) is 6.54 Å². The van der Waals surface area contributed by atoms with E-state index in [1.165, 1.54) is 28.0 Å². The van der Waals surface area contributed by atoms with Crippen molar-refractivity contribution in [3.63, 3.8) is 0 Å². The number of nitrogens with one attached hydrogen (secondary N) is 1. The van der Waals surface area contributed by atoms with E-state index in [1.54, 1.807) is 0 Å². The summed E-state index contributed by atoms with van der Waals surface area (Å²) in [6, 6.07) is 6.43. The van der Waals surface area contributed by atoms with Gasteiger partial charge in [-0.25, -0.2) is 4.98 Å². The molecule has 0 fully saturated rings. The van der Waals surface area contributed by atoms with Crippen molar-refractivity contribution in [3.8, 4) is 0 Å². The van der Waals surface area contributed by atoms with Crippen molar-refractivity contribution >= 4 is 17.2 Å². The lowest BCUT2D eigenvalue weighted by molar-refractivity contribution is 0.0953. The molecule has 0 aliphatic carbocycles. The maximum Gasteiger partial charge on any atom is 0.263 e. The Morgan fingerprint density at radius 2 is 2.00 bits per heavy atom. The van der Waals surface area contributed by atoms with Gasteiger partial charge in [0, 0.05) is 19.5 Å². The molecular weight excluding hydrogens is 330 g/mol. The third-order valence-electron chi connectivity index (χ3n) is 4.69. The molecule has 0 saturated carbocycles. The lowest BCUT2D eigenvalue weighted by Crippen LogP contribution is -2.32. The molecule has 0 spiro atoms. The number of rotatable bonds is 8. The van der Waals surface area contributed by atoms with Crippen LogP contribution in [0.1, 0.15) is 44.0 Å². The predicted octanol–water partition coefficient (Wildman–Crippen LogP) is 3.54. The molecule has 136 valence electrons.